The van der Waals surface area contributed by atoms with E-state index in [0.29, 0.717) is 5.54 Å². The van der Waals surface area contributed by atoms with Crippen LogP contribution in [0, 0.1) is 5.92 Å². The molecule has 0 aromatic rings. The van der Waals surface area contributed by atoms with Gasteiger partial charge in [0.2, 0.25) is 0 Å². The van der Waals surface area contributed by atoms with Gasteiger partial charge in [0.25, 0.3) is 0 Å². The molecule has 1 rings (SSSR count). The topological polar surface area (TPSA) is 29.3 Å². The van der Waals surface area contributed by atoms with Crippen molar-refractivity contribution in [2.24, 2.45) is 11.7 Å². The highest BCUT2D eigenvalue weighted by atomic mass is 15.2. The van der Waals surface area contributed by atoms with Gasteiger partial charge in [0.05, 0.1) is 0 Å². The molecule has 1 fully saturated rings. The summed E-state index contributed by atoms with van der Waals surface area (Å²) in [7, 11) is 0. The Kier molecular flexibility index (Phi) is 7.25. The molecule has 2 nitrogen and oxygen atoms in total. The lowest BCUT2D eigenvalue weighted by Gasteiger charge is -2.48. The molecule has 0 heterocycles. The van der Waals surface area contributed by atoms with Gasteiger partial charge in [0.15, 0.2) is 0 Å². The fourth-order valence-electron chi connectivity index (χ4n) is 3.69. The zero-order valence-electron chi connectivity index (χ0n) is 12.9. The van der Waals surface area contributed by atoms with Crippen LogP contribution in [0.3, 0.4) is 0 Å². The minimum atomic E-state index is 0.330. The third-order valence-electron chi connectivity index (χ3n) is 4.77. The van der Waals surface area contributed by atoms with Crippen molar-refractivity contribution in [3.63, 3.8) is 0 Å². The van der Waals surface area contributed by atoms with Crippen molar-refractivity contribution in [3.8, 4) is 0 Å². The van der Waals surface area contributed by atoms with Gasteiger partial charge < -0.3 is 5.73 Å². The quantitative estimate of drug-likeness (QED) is 0.714. The Hall–Kier alpha value is -0.0800. The molecule has 1 aliphatic rings. The summed E-state index contributed by atoms with van der Waals surface area (Å²) in [6.07, 6.45) is 10.7. The Balaban J connectivity index is 2.61. The zero-order valence-corrected chi connectivity index (χ0v) is 12.9. The Morgan fingerprint density at radius 2 is 1.56 bits per heavy atom. The summed E-state index contributed by atoms with van der Waals surface area (Å²) in [6.45, 7) is 10.2. The van der Waals surface area contributed by atoms with Crippen LogP contribution >= 0.6 is 0 Å². The van der Waals surface area contributed by atoms with E-state index in [1.165, 1.54) is 64.5 Å². The van der Waals surface area contributed by atoms with Crippen LogP contribution in [0.4, 0.5) is 0 Å². The lowest BCUT2D eigenvalue weighted by atomic mass is 9.74. The van der Waals surface area contributed by atoms with E-state index in [2.05, 4.69) is 25.7 Å². The molecule has 108 valence electrons. The molecule has 2 heteroatoms. The maximum Gasteiger partial charge on any atom is 0.0331 e. The van der Waals surface area contributed by atoms with E-state index in [9.17, 15) is 0 Å². The smallest absolute Gasteiger partial charge is 0.0331 e. The van der Waals surface area contributed by atoms with E-state index in [-0.39, 0.29) is 0 Å². The first-order chi connectivity index (χ1) is 8.72. The largest absolute Gasteiger partial charge is 0.329 e. The fourth-order valence-corrected chi connectivity index (χ4v) is 3.69. The van der Waals surface area contributed by atoms with Gasteiger partial charge in [-0.1, -0.05) is 33.6 Å². The zero-order chi connectivity index (χ0) is 13.4. The fraction of sp³-hybridized carbons (Fsp3) is 1.00. The number of hydrogen-bond donors (Lipinski definition) is 1. The standard InChI is InChI=1S/C16H34N2/c1-4-7-15-8-10-16(14-17,11-9-15)18(12-5-2)13-6-3/h15H,4-14,17H2,1-3H3. The first-order valence-corrected chi connectivity index (χ1v) is 8.17. The van der Waals surface area contributed by atoms with Crippen molar-refractivity contribution in [2.75, 3.05) is 19.6 Å². The van der Waals surface area contributed by atoms with Crippen LogP contribution in [-0.2, 0) is 0 Å². The minimum absolute atomic E-state index is 0.330. The first-order valence-electron chi connectivity index (χ1n) is 8.17. The maximum atomic E-state index is 6.18. The summed E-state index contributed by atoms with van der Waals surface area (Å²) in [5.74, 6) is 0.972. The summed E-state index contributed by atoms with van der Waals surface area (Å²) in [6, 6.07) is 0. The lowest BCUT2D eigenvalue weighted by molar-refractivity contribution is 0.0406. The molecule has 0 radical (unpaired) electrons. The van der Waals surface area contributed by atoms with Crippen molar-refractivity contribution in [3.05, 3.63) is 0 Å². The summed E-state index contributed by atoms with van der Waals surface area (Å²) >= 11 is 0. The lowest BCUT2D eigenvalue weighted by Crippen LogP contribution is -2.56. The molecule has 0 aliphatic heterocycles. The van der Waals surface area contributed by atoms with E-state index in [4.69, 9.17) is 5.73 Å². The highest BCUT2D eigenvalue weighted by molar-refractivity contribution is 4.95. The summed E-state index contributed by atoms with van der Waals surface area (Å²) < 4.78 is 0. The minimum Gasteiger partial charge on any atom is -0.329 e. The third-order valence-corrected chi connectivity index (χ3v) is 4.77. The van der Waals surface area contributed by atoms with E-state index in [1.54, 1.807) is 0 Å². The van der Waals surface area contributed by atoms with Crippen LogP contribution in [0.1, 0.15) is 72.1 Å². The Morgan fingerprint density at radius 3 is 1.94 bits per heavy atom. The van der Waals surface area contributed by atoms with E-state index in [1.807, 2.05) is 0 Å². The molecular weight excluding hydrogens is 220 g/mol. The third kappa shape index (κ3) is 3.96. The van der Waals surface area contributed by atoms with Gasteiger partial charge in [-0.2, -0.15) is 0 Å². The SMILES string of the molecule is CCCC1CCC(CN)(N(CCC)CCC)CC1. The molecule has 18 heavy (non-hydrogen) atoms. The average molecular weight is 254 g/mol. The van der Waals surface area contributed by atoms with Gasteiger partial charge >= 0.3 is 0 Å². The molecule has 0 aromatic carbocycles. The van der Waals surface area contributed by atoms with Gasteiger partial charge in [-0.25, -0.2) is 0 Å². The van der Waals surface area contributed by atoms with Crippen molar-refractivity contribution in [1.82, 2.24) is 4.90 Å². The summed E-state index contributed by atoms with van der Waals surface area (Å²) in [5.41, 5.74) is 6.51. The highest BCUT2D eigenvalue weighted by Gasteiger charge is 2.38. The molecule has 0 atom stereocenters. The Bertz CT molecular complexity index is 201. The Labute approximate surface area is 114 Å². The van der Waals surface area contributed by atoms with Crippen LogP contribution in [0.15, 0.2) is 0 Å². The van der Waals surface area contributed by atoms with Gasteiger partial charge in [-0.05, 0) is 57.5 Å². The second-order valence-electron chi connectivity index (χ2n) is 6.15. The van der Waals surface area contributed by atoms with Crippen molar-refractivity contribution in [2.45, 2.75) is 77.7 Å². The first kappa shape index (κ1) is 16.0. The number of rotatable bonds is 8. The molecule has 0 aromatic heterocycles. The van der Waals surface area contributed by atoms with Crippen molar-refractivity contribution >= 4 is 0 Å². The molecule has 0 saturated heterocycles. The molecular formula is C16H34N2. The number of nitrogens with two attached hydrogens (primary N) is 1. The van der Waals surface area contributed by atoms with Gasteiger partial charge in [-0.15, -0.1) is 0 Å². The van der Waals surface area contributed by atoms with Crippen molar-refractivity contribution < 1.29 is 0 Å². The predicted octanol–water partition coefficient (Wildman–Crippen LogP) is 3.80. The predicted molar refractivity (Wildman–Crippen MR) is 80.8 cm³/mol. The molecule has 0 bridgehead atoms. The molecule has 0 spiro atoms. The van der Waals surface area contributed by atoms with E-state index < -0.39 is 0 Å². The number of hydrogen-bond acceptors (Lipinski definition) is 2. The molecule has 0 amide bonds. The highest BCUT2D eigenvalue weighted by Crippen LogP contribution is 2.37. The van der Waals surface area contributed by atoms with Gasteiger partial charge in [0, 0.05) is 12.1 Å². The average Bonchev–Trinajstić information content (AvgIpc) is 2.40. The van der Waals surface area contributed by atoms with Gasteiger partial charge in [-0.3, -0.25) is 4.90 Å². The monoisotopic (exact) mass is 254 g/mol. The normalized spacial score (nSPS) is 28.8. The van der Waals surface area contributed by atoms with Crippen LogP contribution in [0.2, 0.25) is 0 Å². The molecule has 0 unspecified atom stereocenters. The summed E-state index contributed by atoms with van der Waals surface area (Å²) in [4.78, 5) is 2.70. The molecule has 1 saturated carbocycles. The molecule has 1 aliphatic carbocycles. The van der Waals surface area contributed by atoms with Gasteiger partial charge in [0.1, 0.15) is 0 Å². The van der Waals surface area contributed by atoms with Crippen molar-refractivity contribution in [1.29, 1.82) is 0 Å². The summed E-state index contributed by atoms with van der Waals surface area (Å²) in [5, 5.41) is 0. The van der Waals surface area contributed by atoms with Crippen LogP contribution < -0.4 is 5.73 Å². The van der Waals surface area contributed by atoms with Crippen LogP contribution in [-0.4, -0.2) is 30.1 Å². The van der Waals surface area contributed by atoms with E-state index >= 15 is 0 Å². The maximum absolute atomic E-state index is 6.18. The Morgan fingerprint density at radius 1 is 1.00 bits per heavy atom. The second kappa shape index (κ2) is 8.16. The van der Waals surface area contributed by atoms with E-state index in [0.717, 1.165) is 12.5 Å². The van der Waals surface area contributed by atoms with Crippen LogP contribution in [0.5, 0.6) is 0 Å². The second-order valence-corrected chi connectivity index (χ2v) is 6.15. The number of nitrogens with zero attached hydrogens (tertiary/aromatic N) is 1. The van der Waals surface area contributed by atoms with Crippen LogP contribution in [0.25, 0.3) is 0 Å². The molecule has 2 N–H and O–H groups in total.